The molecule has 3 rings (SSSR count). The molecule has 0 saturated carbocycles. The van der Waals surface area contributed by atoms with E-state index in [1.54, 1.807) is 6.92 Å². The number of carbonyl (C=O) groups excluding carboxylic acids is 1. The Labute approximate surface area is 148 Å². The number of benzene rings is 1. The lowest BCUT2D eigenvalue weighted by Gasteiger charge is -2.09. The zero-order valence-corrected chi connectivity index (χ0v) is 15.0. The monoisotopic (exact) mass is 363 g/mol. The summed E-state index contributed by atoms with van der Waals surface area (Å²) in [4.78, 5) is 13.8. The first kappa shape index (κ1) is 17.0. The molecule has 0 fully saturated rings. The smallest absolute Gasteiger partial charge is 0.261 e. The third kappa shape index (κ3) is 3.45. The Bertz CT molecular complexity index is 870. The molecule has 3 aromatic rings. The maximum Gasteiger partial charge on any atom is 0.261 e. The second-order valence-corrected chi connectivity index (χ2v) is 7.22. The molecule has 0 bridgehead atoms. The molecule has 2 heterocycles. The van der Waals surface area contributed by atoms with E-state index in [4.69, 9.17) is 16.7 Å². The Kier molecular flexibility index (Phi) is 4.89. The number of amides is 1. The zero-order valence-electron chi connectivity index (χ0n) is 13.4. The Morgan fingerprint density at radius 3 is 2.79 bits per heavy atom. The van der Waals surface area contributed by atoms with Gasteiger partial charge in [-0.1, -0.05) is 23.7 Å². The summed E-state index contributed by atoms with van der Waals surface area (Å²) in [6, 6.07) is 9.24. The minimum atomic E-state index is -0.269. The number of aliphatic hydroxyl groups excluding tert-OH is 1. The summed E-state index contributed by atoms with van der Waals surface area (Å²) in [5.41, 5.74) is 1.99. The van der Waals surface area contributed by atoms with Gasteiger partial charge < -0.3 is 10.4 Å². The lowest BCUT2D eigenvalue weighted by atomic mass is 10.2. The van der Waals surface area contributed by atoms with E-state index in [9.17, 15) is 4.79 Å². The summed E-state index contributed by atoms with van der Waals surface area (Å²) in [7, 11) is 0. The van der Waals surface area contributed by atoms with Crippen LogP contribution in [0.2, 0.25) is 5.02 Å². The van der Waals surface area contributed by atoms with Crippen LogP contribution in [-0.2, 0) is 6.54 Å². The third-order valence-electron chi connectivity index (χ3n) is 3.73. The minimum absolute atomic E-state index is 0.0833. The van der Waals surface area contributed by atoms with Gasteiger partial charge in [0.25, 0.3) is 5.91 Å². The molecule has 126 valence electrons. The second-order valence-electron chi connectivity index (χ2n) is 5.76. The first-order valence-corrected chi connectivity index (χ1v) is 8.80. The molecule has 24 heavy (non-hydrogen) atoms. The molecule has 0 radical (unpaired) electrons. The highest BCUT2D eigenvalue weighted by molar-refractivity contribution is 7.20. The van der Waals surface area contributed by atoms with Crippen LogP contribution in [0.15, 0.2) is 30.3 Å². The molecular weight excluding hydrogens is 346 g/mol. The van der Waals surface area contributed by atoms with Crippen LogP contribution in [0.25, 0.3) is 10.2 Å². The van der Waals surface area contributed by atoms with E-state index in [1.165, 1.54) is 11.3 Å². The van der Waals surface area contributed by atoms with E-state index in [0.717, 1.165) is 21.5 Å². The molecule has 2 aromatic heterocycles. The highest BCUT2D eigenvalue weighted by atomic mass is 35.5. The minimum Gasteiger partial charge on any atom is -0.394 e. The van der Waals surface area contributed by atoms with E-state index in [-0.39, 0.29) is 18.6 Å². The largest absolute Gasteiger partial charge is 0.394 e. The lowest BCUT2D eigenvalue weighted by molar-refractivity contribution is 0.0926. The maximum atomic E-state index is 12.2. The number of aromatic nitrogens is 2. The first-order chi connectivity index (χ1) is 11.5. The van der Waals surface area contributed by atoms with Gasteiger partial charge in [-0.2, -0.15) is 5.10 Å². The van der Waals surface area contributed by atoms with E-state index in [2.05, 4.69) is 10.4 Å². The van der Waals surface area contributed by atoms with Gasteiger partial charge in [-0.15, -0.1) is 11.3 Å². The summed E-state index contributed by atoms with van der Waals surface area (Å²) in [5, 5.41) is 18.1. The molecule has 0 saturated heterocycles. The van der Waals surface area contributed by atoms with Gasteiger partial charge in [0.15, 0.2) is 0 Å². The fourth-order valence-electron chi connectivity index (χ4n) is 2.44. The Morgan fingerprint density at radius 1 is 1.42 bits per heavy atom. The predicted molar refractivity (Wildman–Crippen MR) is 96.9 cm³/mol. The fourth-order valence-corrected chi connectivity index (χ4v) is 3.63. The number of carbonyl (C=O) groups is 1. The number of rotatable bonds is 5. The van der Waals surface area contributed by atoms with Gasteiger partial charge in [0.1, 0.15) is 4.83 Å². The maximum absolute atomic E-state index is 12.2. The van der Waals surface area contributed by atoms with Crippen LogP contribution < -0.4 is 5.32 Å². The number of aryl methyl sites for hydroxylation is 1. The number of hydrogen-bond donors (Lipinski definition) is 2. The number of halogens is 1. The SMILES string of the molecule is Cc1nn(Cc2ccc(Cl)cc2)c2sc(C(=O)NC(C)CO)cc12. The van der Waals surface area contributed by atoms with Crippen LogP contribution in [-0.4, -0.2) is 33.4 Å². The molecule has 1 amide bonds. The molecule has 0 aliphatic carbocycles. The topological polar surface area (TPSA) is 67.2 Å². The van der Waals surface area contributed by atoms with E-state index in [0.29, 0.717) is 16.4 Å². The van der Waals surface area contributed by atoms with E-state index < -0.39 is 0 Å². The van der Waals surface area contributed by atoms with Gasteiger partial charge in [0.2, 0.25) is 0 Å². The number of nitrogens with zero attached hydrogens (tertiary/aromatic N) is 2. The fraction of sp³-hybridized carbons (Fsp3) is 0.294. The van der Waals surface area contributed by atoms with Crippen molar-refractivity contribution >= 4 is 39.1 Å². The highest BCUT2D eigenvalue weighted by Gasteiger charge is 2.17. The van der Waals surface area contributed by atoms with Gasteiger partial charge in [0, 0.05) is 16.5 Å². The van der Waals surface area contributed by atoms with Crippen molar-refractivity contribution in [2.75, 3.05) is 6.61 Å². The van der Waals surface area contributed by atoms with Crippen LogP contribution in [0.1, 0.15) is 27.9 Å². The normalized spacial score (nSPS) is 12.5. The molecule has 7 heteroatoms. The van der Waals surface area contributed by atoms with E-state index >= 15 is 0 Å². The first-order valence-electron chi connectivity index (χ1n) is 7.61. The van der Waals surface area contributed by atoms with Crippen LogP contribution in [0, 0.1) is 6.92 Å². The molecule has 1 aromatic carbocycles. The highest BCUT2D eigenvalue weighted by Crippen LogP contribution is 2.29. The van der Waals surface area contributed by atoms with Gasteiger partial charge in [-0.3, -0.25) is 9.48 Å². The summed E-state index contributed by atoms with van der Waals surface area (Å²) in [5.74, 6) is -0.171. The predicted octanol–water partition coefficient (Wildman–Crippen LogP) is 3.22. The van der Waals surface area contributed by atoms with Crippen molar-refractivity contribution < 1.29 is 9.90 Å². The average Bonchev–Trinajstić information content (AvgIpc) is 3.11. The quantitative estimate of drug-likeness (QED) is 0.731. The molecule has 0 aliphatic rings. The summed E-state index contributed by atoms with van der Waals surface area (Å²) < 4.78 is 1.91. The number of hydrogen-bond acceptors (Lipinski definition) is 4. The number of fused-ring (bicyclic) bond motifs is 1. The van der Waals surface area contributed by atoms with Crippen molar-refractivity contribution in [1.29, 1.82) is 0 Å². The molecule has 1 unspecified atom stereocenters. The van der Waals surface area contributed by atoms with Gasteiger partial charge in [0.05, 0.1) is 23.7 Å². The van der Waals surface area contributed by atoms with Crippen molar-refractivity contribution in [3.63, 3.8) is 0 Å². The van der Waals surface area contributed by atoms with Crippen LogP contribution in [0.3, 0.4) is 0 Å². The molecule has 1 atom stereocenters. The third-order valence-corrected chi connectivity index (χ3v) is 5.13. The summed E-state index contributed by atoms with van der Waals surface area (Å²) in [6.45, 7) is 4.24. The standard InChI is InChI=1S/C17H18ClN3O2S/c1-10(9-22)19-16(23)15-7-14-11(2)20-21(17(14)24-15)8-12-3-5-13(18)6-4-12/h3-7,10,22H,8-9H2,1-2H3,(H,19,23). The van der Waals surface area contributed by atoms with Crippen molar-refractivity contribution in [1.82, 2.24) is 15.1 Å². The number of thiophene rings is 1. The van der Waals surface area contributed by atoms with Crippen molar-refractivity contribution in [2.45, 2.75) is 26.4 Å². The van der Waals surface area contributed by atoms with E-state index in [1.807, 2.05) is 41.9 Å². The number of nitrogens with one attached hydrogen (secondary N) is 1. The van der Waals surface area contributed by atoms with Crippen LogP contribution in [0.5, 0.6) is 0 Å². The molecule has 0 aliphatic heterocycles. The molecule has 5 nitrogen and oxygen atoms in total. The summed E-state index contributed by atoms with van der Waals surface area (Å²) >= 11 is 7.33. The zero-order chi connectivity index (χ0) is 17.3. The van der Waals surface area contributed by atoms with Gasteiger partial charge >= 0.3 is 0 Å². The van der Waals surface area contributed by atoms with Gasteiger partial charge in [-0.25, -0.2) is 0 Å². The summed E-state index contributed by atoms with van der Waals surface area (Å²) in [6.07, 6.45) is 0. The van der Waals surface area contributed by atoms with Crippen molar-refractivity contribution in [3.05, 3.63) is 51.5 Å². The Balaban J connectivity index is 1.89. The van der Waals surface area contributed by atoms with Crippen LogP contribution in [0.4, 0.5) is 0 Å². The van der Waals surface area contributed by atoms with Crippen molar-refractivity contribution in [2.24, 2.45) is 0 Å². The lowest BCUT2D eigenvalue weighted by Crippen LogP contribution is -2.34. The average molecular weight is 364 g/mol. The van der Waals surface area contributed by atoms with Crippen molar-refractivity contribution in [3.8, 4) is 0 Å². The molecule has 0 spiro atoms. The van der Waals surface area contributed by atoms with Crippen LogP contribution >= 0.6 is 22.9 Å². The van der Waals surface area contributed by atoms with Gasteiger partial charge in [-0.05, 0) is 37.6 Å². The Hall–Kier alpha value is -1.89. The molecule has 2 N–H and O–H groups in total. The Morgan fingerprint density at radius 2 is 2.12 bits per heavy atom. The second kappa shape index (κ2) is 6.93. The number of aliphatic hydroxyl groups is 1. The molecular formula is C17H18ClN3O2S.